The molecule has 5 aliphatic rings. The maximum atomic E-state index is 13.8. The Morgan fingerprint density at radius 2 is 1.44 bits per heavy atom. The molecular weight excluding hydrogens is 605 g/mol. The van der Waals surface area contributed by atoms with Crippen molar-refractivity contribution < 1.29 is 23.5 Å². The van der Waals surface area contributed by atoms with Gasteiger partial charge in [-0.1, -0.05) is 24.3 Å². The first kappa shape index (κ1) is 30.4. The van der Waals surface area contributed by atoms with Crippen molar-refractivity contribution in [3.8, 4) is 11.4 Å². The number of ether oxygens (including phenoxy) is 1. The van der Waals surface area contributed by atoms with E-state index in [-0.39, 0.29) is 16.8 Å². The van der Waals surface area contributed by atoms with Gasteiger partial charge in [0.1, 0.15) is 23.7 Å². The van der Waals surface area contributed by atoms with E-state index in [1.54, 1.807) is 18.2 Å². The van der Waals surface area contributed by atoms with E-state index in [2.05, 4.69) is 17.4 Å². The van der Waals surface area contributed by atoms with Crippen molar-refractivity contribution in [2.75, 3.05) is 4.90 Å². The third-order valence-corrected chi connectivity index (χ3v) is 11.1. The van der Waals surface area contributed by atoms with Gasteiger partial charge in [0.05, 0.1) is 5.69 Å². The molecule has 5 fully saturated rings. The van der Waals surface area contributed by atoms with Gasteiger partial charge in [-0.05, 0) is 153 Å². The van der Waals surface area contributed by atoms with Gasteiger partial charge in [0.15, 0.2) is 0 Å². The summed E-state index contributed by atoms with van der Waals surface area (Å²) >= 11 is 0. The van der Waals surface area contributed by atoms with Gasteiger partial charge >= 0.3 is 6.03 Å². The number of aryl methyl sites for hydroxylation is 1. The van der Waals surface area contributed by atoms with Crippen molar-refractivity contribution in [2.45, 2.75) is 64.4 Å². The number of aromatic nitrogens is 1. The van der Waals surface area contributed by atoms with E-state index in [1.165, 1.54) is 56.2 Å². The maximum Gasteiger partial charge on any atom is 0.335 e. The standard InChI is InChI=1S/C40H38FN3O4/c1-24-15-30(25(2)43(24)33-11-13-35(14-12-33)48-23-26-3-7-32(41)8-4-26)19-36-37(45)42-39(47)44(38(36)46)34-9-5-31(6-10-34)40-20-27-16-28(21-40)18-29(17-27)22-40/h3-15,19,27-29H,16-18,20-23H2,1-2H3,(H,42,45,47)/b36-19+. The Hall–Kier alpha value is -4.98. The molecule has 48 heavy (non-hydrogen) atoms. The molecule has 4 saturated carbocycles. The van der Waals surface area contributed by atoms with Crippen molar-refractivity contribution in [3.63, 3.8) is 0 Å². The minimum absolute atomic E-state index is 0.0930. The van der Waals surface area contributed by atoms with Crippen LogP contribution < -0.4 is 15.0 Å². The first-order valence-electron chi connectivity index (χ1n) is 16.8. The van der Waals surface area contributed by atoms with Crippen molar-refractivity contribution in [1.82, 2.24) is 9.88 Å². The van der Waals surface area contributed by atoms with Gasteiger partial charge < -0.3 is 9.30 Å². The van der Waals surface area contributed by atoms with Gasteiger partial charge in [0, 0.05) is 17.1 Å². The molecule has 0 unspecified atom stereocenters. The molecule has 4 bridgehead atoms. The van der Waals surface area contributed by atoms with E-state index in [1.807, 2.05) is 60.9 Å². The van der Waals surface area contributed by atoms with E-state index in [0.717, 1.165) is 45.3 Å². The Morgan fingerprint density at radius 3 is 2.06 bits per heavy atom. The molecule has 1 saturated heterocycles. The second-order valence-electron chi connectivity index (χ2n) is 14.3. The lowest BCUT2D eigenvalue weighted by Gasteiger charge is -2.57. The number of hydrogen-bond donors (Lipinski definition) is 1. The summed E-state index contributed by atoms with van der Waals surface area (Å²) in [4.78, 5) is 40.9. The van der Waals surface area contributed by atoms with Crippen molar-refractivity contribution in [2.24, 2.45) is 17.8 Å². The van der Waals surface area contributed by atoms with Crippen LogP contribution in [0.4, 0.5) is 14.9 Å². The molecule has 1 aliphatic heterocycles. The molecule has 244 valence electrons. The number of carbonyl (C=O) groups is 3. The lowest BCUT2D eigenvalue weighted by Crippen LogP contribution is -2.54. The van der Waals surface area contributed by atoms with Crippen LogP contribution in [0.3, 0.4) is 0 Å². The molecule has 1 N–H and O–H groups in total. The topological polar surface area (TPSA) is 80.6 Å². The van der Waals surface area contributed by atoms with Gasteiger partial charge in [0.25, 0.3) is 11.8 Å². The zero-order valence-electron chi connectivity index (χ0n) is 27.2. The zero-order chi connectivity index (χ0) is 33.2. The summed E-state index contributed by atoms with van der Waals surface area (Å²) in [6.45, 7) is 4.20. The summed E-state index contributed by atoms with van der Waals surface area (Å²) in [5.74, 6) is 1.49. The quantitative estimate of drug-likeness (QED) is 0.164. The van der Waals surface area contributed by atoms with E-state index >= 15 is 0 Å². The SMILES string of the molecule is Cc1cc(/C=C2\C(=O)NC(=O)N(c3ccc(C45CC6CC(CC(C6)C4)C5)cc3)C2=O)c(C)n1-c1ccc(OCc2ccc(F)cc2)cc1. The van der Waals surface area contributed by atoms with Crippen molar-refractivity contribution >= 4 is 29.6 Å². The predicted octanol–water partition coefficient (Wildman–Crippen LogP) is 7.95. The third-order valence-electron chi connectivity index (χ3n) is 11.1. The van der Waals surface area contributed by atoms with E-state index in [0.29, 0.717) is 23.6 Å². The fourth-order valence-corrected chi connectivity index (χ4v) is 9.25. The van der Waals surface area contributed by atoms with Crippen molar-refractivity contribution in [1.29, 1.82) is 0 Å². The number of urea groups is 1. The number of hydrogen-bond acceptors (Lipinski definition) is 4. The third kappa shape index (κ3) is 5.33. The van der Waals surface area contributed by atoms with Crippen LogP contribution in [0, 0.1) is 37.4 Å². The highest BCUT2D eigenvalue weighted by Gasteiger charge is 2.51. The lowest BCUT2D eigenvalue weighted by molar-refractivity contribution is -0.122. The predicted molar refractivity (Wildman–Crippen MR) is 181 cm³/mol. The minimum Gasteiger partial charge on any atom is -0.489 e. The van der Waals surface area contributed by atoms with E-state index in [9.17, 15) is 18.8 Å². The maximum absolute atomic E-state index is 13.8. The van der Waals surface area contributed by atoms with Crippen molar-refractivity contribution in [3.05, 3.63) is 118 Å². The number of amides is 4. The summed E-state index contributed by atoms with van der Waals surface area (Å²) in [6, 6.07) is 22.9. The molecular formula is C40H38FN3O4. The fraction of sp³-hybridized carbons (Fsp3) is 0.325. The molecule has 1 aromatic heterocycles. The van der Waals surface area contributed by atoms with Crippen LogP contribution in [-0.4, -0.2) is 22.4 Å². The highest BCUT2D eigenvalue weighted by atomic mass is 19.1. The molecule has 2 heterocycles. The Bertz CT molecular complexity index is 1920. The molecule has 0 spiro atoms. The number of halogens is 1. The minimum atomic E-state index is -0.739. The lowest BCUT2D eigenvalue weighted by atomic mass is 9.48. The van der Waals surface area contributed by atoms with Crippen LogP contribution in [0.5, 0.6) is 5.75 Å². The van der Waals surface area contributed by atoms with Crippen LogP contribution in [0.2, 0.25) is 0 Å². The number of imide groups is 2. The smallest absolute Gasteiger partial charge is 0.335 e. The fourth-order valence-electron chi connectivity index (χ4n) is 9.25. The molecule has 9 rings (SSSR count). The molecule has 0 atom stereocenters. The Morgan fingerprint density at radius 1 is 0.833 bits per heavy atom. The second kappa shape index (κ2) is 11.6. The summed E-state index contributed by atoms with van der Waals surface area (Å²) < 4.78 is 21.1. The number of carbonyl (C=O) groups excluding carboxylic acids is 3. The van der Waals surface area contributed by atoms with Gasteiger partial charge in [-0.3, -0.25) is 14.9 Å². The van der Waals surface area contributed by atoms with Crippen LogP contribution in [0.15, 0.2) is 84.4 Å². The summed E-state index contributed by atoms with van der Waals surface area (Å²) in [5, 5.41) is 2.38. The Balaban J connectivity index is 1.01. The molecule has 4 aliphatic carbocycles. The summed E-state index contributed by atoms with van der Waals surface area (Å²) in [7, 11) is 0. The molecule has 4 amide bonds. The number of nitrogens with zero attached hydrogens (tertiary/aromatic N) is 2. The van der Waals surface area contributed by atoms with Crippen LogP contribution in [-0.2, 0) is 21.6 Å². The molecule has 0 radical (unpaired) electrons. The van der Waals surface area contributed by atoms with Gasteiger partial charge in [-0.15, -0.1) is 0 Å². The summed E-state index contributed by atoms with van der Waals surface area (Å²) in [6.07, 6.45) is 9.37. The molecule has 7 nitrogen and oxygen atoms in total. The average Bonchev–Trinajstić information content (AvgIpc) is 3.34. The number of anilines is 1. The van der Waals surface area contributed by atoms with Gasteiger partial charge in [0.2, 0.25) is 0 Å². The average molecular weight is 644 g/mol. The van der Waals surface area contributed by atoms with Gasteiger partial charge in [-0.2, -0.15) is 0 Å². The van der Waals surface area contributed by atoms with E-state index in [4.69, 9.17) is 4.74 Å². The summed E-state index contributed by atoms with van der Waals surface area (Å²) in [5.41, 5.74) is 6.09. The highest BCUT2D eigenvalue weighted by molar-refractivity contribution is 6.39. The first-order valence-corrected chi connectivity index (χ1v) is 16.8. The molecule has 4 aromatic rings. The van der Waals surface area contributed by atoms with Crippen LogP contribution in [0.25, 0.3) is 11.8 Å². The first-order chi connectivity index (χ1) is 23.2. The monoisotopic (exact) mass is 643 g/mol. The molecule has 8 heteroatoms. The van der Waals surface area contributed by atoms with Crippen LogP contribution >= 0.6 is 0 Å². The number of nitrogens with one attached hydrogen (secondary N) is 1. The normalized spacial score (nSPS) is 25.6. The van der Waals surface area contributed by atoms with E-state index < -0.39 is 17.8 Å². The van der Waals surface area contributed by atoms with Crippen LogP contribution in [0.1, 0.15) is 66.6 Å². The second-order valence-corrected chi connectivity index (χ2v) is 14.3. The number of rotatable bonds is 7. The number of barbiturate groups is 1. The van der Waals surface area contributed by atoms with Gasteiger partial charge in [-0.25, -0.2) is 14.1 Å². The number of benzene rings is 3. The Labute approximate surface area is 279 Å². The Kier molecular flexibility index (Phi) is 7.35. The largest absolute Gasteiger partial charge is 0.489 e. The zero-order valence-corrected chi connectivity index (χ0v) is 27.2. The highest BCUT2D eigenvalue weighted by Crippen LogP contribution is 2.60. The molecule has 3 aromatic carbocycles.